The molecule has 0 spiro atoms. The number of hydrogen-bond donors (Lipinski definition) is 0. The van der Waals surface area contributed by atoms with E-state index in [9.17, 15) is 8.42 Å². The molecule has 1 aromatic carbocycles. The highest BCUT2D eigenvalue weighted by Gasteiger charge is 2.19. The van der Waals surface area contributed by atoms with Crippen molar-refractivity contribution in [2.24, 2.45) is 7.05 Å². The predicted octanol–water partition coefficient (Wildman–Crippen LogP) is 2.59. The van der Waals surface area contributed by atoms with E-state index in [4.69, 9.17) is 15.4 Å². The fourth-order valence-corrected chi connectivity index (χ4v) is 3.27. The molecule has 2 rings (SSSR count). The zero-order chi connectivity index (χ0) is 15.6. The van der Waals surface area contributed by atoms with Gasteiger partial charge >= 0.3 is 0 Å². The number of halogens is 1. The van der Waals surface area contributed by atoms with Gasteiger partial charge in [0.25, 0.3) is 9.05 Å². The van der Waals surface area contributed by atoms with Crippen molar-refractivity contribution in [2.45, 2.75) is 25.2 Å². The van der Waals surface area contributed by atoms with Crippen LogP contribution >= 0.6 is 10.7 Å². The van der Waals surface area contributed by atoms with E-state index in [1.807, 2.05) is 26.2 Å². The maximum atomic E-state index is 11.7. The fourth-order valence-electron chi connectivity index (χ4n) is 2.15. The van der Waals surface area contributed by atoms with Crippen LogP contribution in [0.5, 0.6) is 5.75 Å². The molecule has 0 N–H and O–H groups in total. The largest absolute Gasteiger partial charge is 0.492 e. The summed E-state index contributed by atoms with van der Waals surface area (Å²) in [5, 5.41) is 4.07. The summed E-state index contributed by atoms with van der Waals surface area (Å²) in [4.78, 5) is 0.0212. The van der Waals surface area contributed by atoms with Crippen molar-refractivity contribution < 1.29 is 13.2 Å². The van der Waals surface area contributed by atoms with Crippen LogP contribution in [0.2, 0.25) is 0 Å². The van der Waals surface area contributed by atoms with Crippen LogP contribution in [0.3, 0.4) is 0 Å². The van der Waals surface area contributed by atoms with Gasteiger partial charge in [-0.2, -0.15) is 5.10 Å². The van der Waals surface area contributed by atoms with E-state index in [-0.39, 0.29) is 4.90 Å². The van der Waals surface area contributed by atoms with Crippen molar-refractivity contribution in [2.75, 3.05) is 6.61 Å². The van der Waals surface area contributed by atoms with Gasteiger partial charge in [-0.3, -0.25) is 4.68 Å². The zero-order valence-corrected chi connectivity index (χ0v) is 13.7. The lowest BCUT2D eigenvalue weighted by Crippen LogP contribution is -2.06. The van der Waals surface area contributed by atoms with Gasteiger partial charge in [0.05, 0.1) is 12.8 Å². The maximum Gasteiger partial charge on any atom is 0.265 e. The van der Waals surface area contributed by atoms with E-state index >= 15 is 0 Å². The minimum atomic E-state index is -3.84. The molecule has 0 bridgehead atoms. The minimum absolute atomic E-state index is 0.0212. The summed E-state index contributed by atoms with van der Waals surface area (Å²) in [6, 6.07) is 3.39. The Morgan fingerprint density at radius 3 is 2.62 bits per heavy atom. The van der Waals surface area contributed by atoms with Crippen molar-refractivity contribution in [1.29, 1.82) is 0 Å². The number of rotatable bonds is 5. The van der Waals surface area contributed by atoms with E-state index in [1.165, 1.54) is 6.07 Å². The molecule has 0 fully saturated rings. The quantitative estimate of drug-likeness (QED) is 0.791. The van der Waals surface area contributed by atoms with Gasteiger partial charge in [0, 0.05) is 30.3 Å². The van der Waals surface area contributed by atoms with Crippen LogP contribution in [0.4, 0.5) is 0 Å². The Morgan fingerprint density at radius 1 is 1.33 bits per heavy atom. The Balaban J connectivity index is 2.19. The second kappa shape index (κ2) is 6.07. The highest BCUT2D eigenvalue weighted by molar-refractivity contribution is 8.13. The van der Waals surface area contributed by atoms with E-state index in [0.29, 0.717) is 18.8 Å². The lowest BCUT2D eigenvalue weighted by atomic mass is 10.1. The summed E-state index contributed by atoms with van der Waals surface area (Å²) in [7, 11) is 3.49. The van der Waals surface area contributed by atoms with Crippen molar-refractivity contribution in [3.8, 4) is 5.75 Å². The Labute approximate surface area is 128 Å². The van der Waals surface area contributed by atoms with E-state index in [0.717, 1.165) is 16.7 Å². The van der Waals surface area contributed by atoms with Crippen LogP contribution in [0.15, 0.2) is 29.4 Å². The van der Waals surface area contributed by atoms with Gasteiger partial charge in [-0.25, -0.2) is 8.42 Å². The third kappa shape index (κ3) is 3.98. The van der Waals surface area contributed by atoms with Gasteiger partial charge in [0.2, 0.25) is 0 Å². The molecule has 0 aliphatic heterocycles. The molecule has 0 amide bonds. The second-order valence-electron chi connectivity index (χ2n) is 4.97. The molecule has 114 valence electrons. The Morgan fingerprint density at radius 2 is 2.05 bits per heavy atom. The molecule has 0 saturated heterocycles. The summed E-state index contributed by atoms with van der Waals surface area (Å²) in [6.07, 6.45) is 4.29. The molecule has 0 unspecified atom stereocenters. The molecule has 0 saturated carbocycles. The first-order valence-corrected chi connectivity index (χ1v) is 8.74. The standard InChI is InChI=1S/C14H17ClN2O3S/c1-10-6-11(2)14(13(7-10)21(15,18)19)20-5-4-12-8-16-17(3)9-12/h6-9H,4-5H2,1-3H3. The summed E-state index contributed by atoms with van der Waals surface area (Å²) < 4.78 is 30.7. The summed E-state index contributed by atoms with van der Waals surface area (Å²) in [5.41, 5.74) is 2.60. The first-order valence-electron chi connectivity index (χ1n) is 6.43. The number of ether oxygens (including phenoxy) is 1. The third-order valence-corrected chi connectivity index (χ3v) is 4.37. The van der Waals surface area contributed by atoms with Gasteiger partial charge in [-0.05, 0) is 36.6 Å². The van der Waals surface area contributed by atoms with Crippen LogP contribution in [0.1, 0.15) is 16.7 Å². The number of aryl methyl sites for hydroxylation is 3. The Kier molecular flexibility index (Phi) is 4.58. The third-order valence-electron chi connectivity index (χ3n) is 3.04. The minimum Gasteiger partial charge on any atom is -0.492 e. The van der Waals surface area contributed by atoms with Crippen LogP contribution < -0.4 is 4.74 Å². The molecule has 2 aromatic rings. The fraction of sp³-hybridized carbons (Fsp3) is 0.357. The predicted molar refractivity (Wildman–Crippen MR) is 81.4 cm³/mol. The molecule has 0 aliphatic carbocycles. The Bertz CT molecular complexity index is 754. The van der Waals surface area contributed by atoms with Gasteiger partial charge in [0.15, 0.2) is 0 Å². The number of benzene rings is 1. The molecule has 21 heavy (non-hydrogen) atoms. The van der Waals surface area contributed by atoms with Crippen LogP contribution in [-0.2, 0) is 22.5 Å². The molecule has 0 aliphatic rings. The van der Waals surface area contributed by atoms with Gasteiger partial charge in [-0.15, -0.1) is 0 Å². The topological polar surface area (TPSA) is 61.2 Å². The highest BCUT2D eigenvalue weighted by atomic mass is 35.7. The first-order chi connectivity index (χ1) is 9.77. The molecule has 1 heterocycles. The van der Waals surface area contributed by atoms with Crippen molar-refractivity contribution in [3.63, 3.8) is 0 Å². The van der Waals surface area contributed by atoms with Crippen LogP contribution in [-0.4, -0.2) is 24.8 Å². The van der Waals surface area contributed by atoms with Gasteiger partial charge in [-0.1, -0.05) is 6.07 Å². The molecule has 0 radical (unpaired) electrons. The lowest BCUT2D eigenvalue weighted by Gasteiger charge is -2.13. The number of nitrogens with zero attached hydrogens (tertiary/aromatic N) is 2. The van der Waals surface area contributed by atoms with Crippen LogP contribution in [0.25, 0.3) is 0 Å². The average molecular weight is 329 g/mol. The first kappa shape index (κ1) is 15.9. The monoisotopic (exact) mass is 328 g/mol. The smallest absolute Gasteiger partial charge is 0.265 e. The van der Waals surface area contributed by atoms with Crippen molar-refractivity contribution >= 4 is 19.7 Å². The summed E-state index contributed by atoms with van der Waals surface area (Å²) in [6.45, 7) is 3.98. The zero-order valence-electron chi connectivity index (χ0n) is 12.1. The molecule has 5 nitrogen and oxygen atoms in total. The lowest BCUT2D eigenvalue weighted by molar-refractivity contribution is 0.311. The molecule has 0 atom stereocenters. The van der Waals surface area contributed by atoms with Crippen molar-refractivity contribution in [3.05, 3.63) is 41.2 Å². The van der Waals surface area contributed by atoms with E-state index in [2.05, 4.69) is 5.10 Å². The summed E-state index contributed by atoms with van der Waals surface area (Å²) >= 11 is 0. The van der Waals surface area contributed by atoms with Crippen molar-refractivity contribution in [1.82, 2.24) is 9.78 Å². The molecular formula is C14H17ClN2O3S. The van der Waals surface area contributed by atoms with Gasteiger partial charge in [0.1, 0.15) is 10.6 Å². The van der Waals surface area contributed by atoms with E-state index in [1.54, 1.807) is 17.8 Å². The SMILES string of the molecule is Cc1cc(C)c(OCCc2cnn(C)c2)c(S(=O)(=O)Cl)c1. The van der Waals surface area contributed by atoms with Gasteiger partial charge < -0.3 is 4.74 Å². The second-order valence-corrected chi connectivity index (χ2v) is 7.50. The van der Waals surface area contributed by atoms with Crippen LogP contribution in [0, 0.1) is 13.8 Å². The highest BCUT2D eigenvalue weighted by Crippen LogP contribution is 2.31. The molecular weight excluding hydrogens is 312 g/mol. The maximum absolute atomic E-state index is 11.7. The van der Waals surface area contributed by atoms with E-state index < -0.39 is 9.05 Å². The number of hydrogen-bond acceptors (Lipinski definition) is 4. The summed E-state index contributed by atoms with van der Waals surface area (Å²) in [5.74, 6) is 0.319. The number of aromatic nitrogens is 2. The molecule has 1 aromatic heterocycles. The normalized spacial score (nSPS) is 11.6. The molecule has 7 heteroatoms. The average Bonchev–Trinajstić information content (AvgIpc) is 2.76. The Hall–Kier alpha value is -1.53.